The van der Waals surface area contributed by atoms with Gasteiger partial charge >= 0.3 is 0 Å². The molecular formula is C33H35Cl2N. The number of fused-ring (bicyclic) bond motifs is 2. The molecule has 2 aromatic carbocycles. The van der Waals surface area contributed by atoms with Crippen LogP contribution in [-0.2, 0) is 10.8 Å². The van der Waals surface area contributed by atoms with Gasteiger partial charge in [0, 0.05) is 39.3 Å². The van der Waals surface area contributed by atoms with E-state index in [9.17, 15) is 0 Å². The van der Waals surface area contributed by atoms with Crippen LogP contribution >= 0.6 is 23.2 Å². The number of benzene rings is 2. The van der Waals surface area contributed by atoms with Gasteiger partial charge in [0.1, 0.15) is 0 Å². The fraction of sp³-hybridized carbons (Fsp3) is 0.333. The first-order valence-electron chi connectivity index (χ1n) is 12.8. The largest absolute Gasteiger partial charge is 0.347 e. The summed E-state index contributed by atoms with van der Waals surface area (Å²) in [7, 11) is 2.15. The molecule has 3 heteroatoms. The Morgan fingerprint density at radius 2 is 1.44 bits per heavy atom. The third-order valence-electron chi connectivity index (χ3n) is 8.65. The van der Waals surface area contributed by atoms with Gasteiger partial charge in [0.2, 0.25) is 0 Å². The maximum Gasteiger partial charge on any atom is 0.0449 e. The molecule has 0 N–H and O–H groups in total. The molecule has 1 nitrogen and oxygen atoms in total. The predicted molar refractivity (Wildman–Crippen MR) is 157 cm³/mol. The van der Waals surface area contributed by atoms with Crippen LogP contribution in [0.1, 0.15) is 71.1 Å². The Hall–Kier alpha value is -2.48. The molecule has 0 fully saturated rings. The van der Waals surface area contributed by atoms with Gasteiger partial charge in [-0.15, -0.1) is 0 Å². The van der Waals surface area contributed by atoms with Crippen molar-refractivity contribution in [3.8, 4) is 0 Å². The molecule has 0 amide bonds. The van der Waals surface area contributed by atoms with E-state index in [1.54, 1.807) is 0 Å². The summed E-state index contributed by atoms with van der Waals surface area (Å²) in [5.41, 5.74) is 13.3. The summed E-state index contributed by atoms with van der Waals surface area (Å²) in [5, 5.41) is 1.60. The highest BCUT2D eigenvalue weighted by atomic mass is 35.5. The van der Waals surface area contributed by atoms with E-state index >= 15 is 0 Å². The van der Waals surface area contributed by atoms with Crippen LogP contribution in [0.3, 0.4) is 0 Å². The van der Waals surface area contributed by atoms with Crippen LogP contribution in [0.5, 0.6) is 0 Å². The average molecular weight is 517 g/mol. The first-order chi connectivity index (χ1) is 16.9. The Morgan fingerprint density at radius 3 is 2.17 bits per heavy atom. The Morgan fingerprint density at radius 1 is 0.778 bits per heavy atom. The molecule has 36 heavy (non-hydrogen) atoms. The lowest BCUT2D eigenvalue weighted by Gasteiger charge is -2.24. The smallest absolute Gasteiger partial charge is 0.0449 e. The number of hydrogen-bond donors (Lipinski definition) is 0. The van der Waals surface area contributed by atoms with Crippen molar-refractivity contribution in [3.63, 3.8) is 0 Å². The lowest BCUT2D eigenvalue weighted by molar-refractivity contribution is 0.640. The summed E-state index contributed by atoms with van der Waals surface area (Å²) in [4.78, 5) is 2.30. The van der Waals surface area contributed by atoms with Gasteiger partial charge in [-0.2, -0.15) is 0 Å². The van der Waals surface area contributed by atoms with Gasteiger partial charge in [-0.25, -0.2) is 0 Å². The topological polar surface area (TPSA) is 3.24 Å². The van der Waals surface area contributed by atoms with Crippen LogP contribution < -0.4 is 4.90 Å². The van der Waals surface area contributed by atoms with E-state index in [-0.39, 0.29) is 10.8 Å². The number of nitrogens with zero attached hydrogens (tertiary/aromatic N) is 1. The van der Waals surface area contributed by atoms with Crippen molar-refractivity contribution in [2.75, 3.05) is 11.9 Å². The van der Waals surface area contributed by atoms with Gasteiger partial charge in [0.25, 0.3) is 0 Å². The van der Waals surface area contributed by atoms with Crippen LogP contribution in [0, 0.1) is 0 Å². The lowest BCUT2D eigenvalue weighted by atomic mass is 9.81. The van der Waals surface area contributed by atoms with Crippen LogP contribution in [0.2, 0.25) is 10.0 Å². The Bertz CT molecular complexity index is 1430. The molecule has 0 atom stereocenters. The highest BCUT2D eigenvalue weighted by Crippen LogP contribution is 2.49. The third kappa shape index (κ3) is 3.92. The van der Waals surface area contributed by atoms with Gasteiger partial charge in [0.15, 0.2) is 0 Å². The maximum atomic E-state index is 6.33. The van der Waals surface area contributed by atoms with Gasteiger partial charge in [-0.1, -0.05) is 75.2 Å². The van der Waals surface area contributed by atoms with Crippen LogP contribution in [-0.4, -0.2) is 7.05 Å². The van der Waals surface area contributed by atoms with Crippen molar-refractivity contribution in [1.29, 1.82) is 0 Å². The molecule has 2 aromatic rings. The highest BCUT2D eigenvalue weighted by molar-refractivity contribution is 6.31. The molecule has 0 bridgehead atoms. The molecule has 0 unspecified atom stereocenters. The molecule has 0 saturated carbocycles. The summed E-state index contributed by atoms with van der Waals surface area (Å²) < 4.78 is 0. The number of likely N-dealkylation sites (N-methyl/N-ethyl adjacent to an activating group) is 1. The molecule has 0 aromatic heterocycles. The summed E-state index contributed by atoms with van der Waals surface area (Å²) in [6.45, 7) is 13.7. The Balaban J connectivity index is 1.43. The Kier molecular flexibility index (Phi) is 6.17. The lowest BCUT2D eigenvalue weighted by Crippen LogP contribution is -2.22. The minimum atomic E-state index is -0.0824. The zero-order chi connectivity index (χ0) is 26.0. The zero-order valence-corrected chi connectivity index (χ0v) is 23.9. The minimum absolute atomic E-state index is 0.0481. The molecular weight excluding hydrogens is 481 g/mol. The molecule has 5 rings (SSSR count). The van der Waals surface area contributed by atoms with Crippen molar-refractivity contribution in [2.24, 2.45) is 0 Å². The van der Waals surface area contributed by atoms with E-state index in [1.165, 1.54) is 55.9 Å². The first-order valence-corrected chi connectivity index (χ1v) is 13.5. The third-order valence-corrected chi connectivity index (χ3v) is 9.12. The number of rotatable bonds is 3. The maximum absolute atomic E-state index is 6.33. The summed E-state index contributed by atoms with van der Waals surface area (Å²) in [6, 6.07) is 12.5. The standard InChI is InChI=1S/C33H35Cl2N/c1-20-22(10-15-27-21(2)26-14-12-24(34)18-28(26)32(27,3)4)8-9-23(20)11-17-31-33(5,6)29-19-25(35)13-16-30(29)36(31)7/h10-19H,8-9H2,1-7H3/b15-10?,23-11+,31-17?. The van der Waals surface area contributed by atoms with E-state index in [1.807, 2.05) is 12.1 Å². The van der Waals surface area contributed by atoms with Crippen molar-refractivity contribution < 1.29 is 0 Å². The fourth-order valence-electron chi connectivity index (χ4n) is 6.39. The number of hydrogen-bond acceptors (Lipinski definition) is 1. The van der Waals surface area contributed by atoms with Crippen molar-refractivity contribution in [2.45, 2.75) is 65.2 Å². The quantitative estimate of drug-likeness (QED) is 0.392. The molecule has 186 valence electrons. The van der Waals surface area contributed by atoms with Crippen molar-refractivity contribution in [3.05, 3.63) is 115 Å². The second-order valence-electron chi connectivity index (χ2n) is 11.4. The SMILES string of the molecule is CC1=C(C=CC2=C(C)c3ccc(Cl)cc3C2(C)C)CC/C1=C\C=C1N(C)c2ccc(Cl)cc2C1(C)C. The molecule has 0 saturated heterocycles. The van der Waals surface area contributed by atoms with Crippen LogP contribution in [0.25, 0.3) is 5.57 Å². The molecule has 2 aliphatic carbocycles. The van der Waals surface area contributed by atoms with E-state index in [0.29, 0.717) is 0 Å². The fourth-order valence-corrected chi connectivity index (χ4v) is 6.74. The van der Waals surface area contributed by atoms with E-state index in [2.05, 4.69) is 102 Å². The van der Waals surface area contributed by atoms with Gasteiger partial charge < -0.3 is 4.90 Å². The minimum Gasteiger partial charge on any atom is -0.347 e. The molecule has 0 radical (unpaired) electrons. The molecule has 0 spiro atoms. The second-order valence-corrected chi connectivity index (χ2v) is 12.3. The number of halogens is 2. The van der Waals surface area contributed by atoms with E-state index in [4.69, 9.17) is 23.2 Å². The van der Waals surface area contributed by atoms with Crippen LogP contribution in [0.4, 0.5) is 5.69 Å². The van der Waals surface area contributed by atoms with Crippen LogP contribution in [0.15, 0.2) is 88.7 Å². The Labute approximate surface area is 226 Å². The summed E-state index contributed by atoms with van der Waals surface area (Å²) in [6.07, 6.45) is 11.5. The summed E-state index contributed by atoms with van der Waals surface area (Å²) in [5.74, 6) is 0. The monoisotopic (exact) mass is 515 g/mol. The van der Waals surface area contributed by atoms with E-state index < -0.39 is 0 Å². The molecule has 1 aliphatic heterocycles. The van der Waals surface area contributed by atoms with Gasteiger partial charge in [-0.05, 0) is 108 Å². The average Bonchev–Trinajstić information content (AvgIpc) is 3.32. The molecule has 3 aliphatic rings. The normalized spacial score (nSPS) is 22.5. The first kappa shape index (κ1) is 25.2. The van der Waals surface area contributed by atoms with Crippen molar-refractivity contribution in [1.82, 2.24) is 0 Å². The van der Waals surface area contributed by atoms with Crippen molar-refractivity contribution >= 4 is 34.5 Å². The van der Waals surface area contributed by atoms with E-state index in [0.717, 1.165) is 22.9 Å². The number of allylic oxidation sites excluding steroid dienone is 10. The zero-order valence-electron chi connectivity index (χ0n) is 22.4. The van der Waals surface area contributed by atoms with Gasteiger partial charge in [0.05, 0.1) is 0 Å². The van der Waals surface area contributed by atoms with Gasteiger partial charge in [-0.3, -0.25) is 0 Å². The second kappa shape index (κ2) is 8.82. The summed E-state index contributed by atoms with van der Waals surface area (Å²) >= 11 is 12.7. The number of anilines is 1. The highest BCUT2D eigenvalue weighted by Gasteiger charge is 2.38. The molecule has 1 heterocycles. The predicted octanol–water partition coefficient (Wildman–Crippen LogP) is 9.96.